The minimum absolute atomic E-state index is 0.486. The van der Waals surface area contributed by atoms with Gasteiger partial charge in [0.1, 0.15) is 5.15 Å². The van der Waals surface area contributed by atoms with E-state index < -0.39 is 6.10 Å². The summed E-state index contributed by atoms with van der Waals surface area (Å²) in [6.45, 7) is 6.26. The Morgan fingerprint density at radius 2 is 2.00 bits per heavy atom. The summed E-state index contributed by atoms with van der Waals surface area (Å²) in [6, 6.07) is 0. The topological polar surface area (TPSA) is 38.0 Å². The zero-order valence-corrected chi connectivity index (χ0v) is 11.3. The fourth-order valence-electron chi connectivity index (χ4n) is 1.89. The maximum atomic E-state index is 10.1. The molecule has 0 aliphatic heterocycles. The van der Waals surface area contributed by atoms with Crippen molar-refractivity contribution in [1.82, 2.24) is 9.78 Å². The molecule has 1 rings (SSSR count). The van der Waals surface area contributed by atoms with Gasteiger partial charge in [0.25, 0.3) is 0 Å². The van der Waals surface area contributed by atoms with Crippen LogP contribution in [0.3, 0.4) is 0 Å². The molecule has 1 heterocycles. The van der Waals surface area contributed by atoms with Crippen molar-refractivity contribution in [2.24, 2.45) is 13.0 Å². The summed E-state index contributed by atoms with van der Waals surface area (Å²) < 4.78 is 1.61. The van der Waals surface area contributed by atoms with Crippen LogP contribution in [-0.4, -0.2) is 14.9 Å². The van der Waals surface area contributed by atoms with Gasteiger partial charge in [0.2, 0.25) is 0 Å². The van der Waals surface area contributed by atoms with Crippen molar-refractivity contribution in [3.8, 4) is 0 Å². The van der Waals surface area contributed by atoms with E-state index in [1.54, 1.807) is 11.7 Å². The average molecular weight is 245 g/mol. The molecule has 0 spiro atoms. The second-order valence-corrected chi connectivity index (χ2v) is 5.11. The number of rotatable bonds is 5. The van der Waals surface area contributed by atoms with Crippen LogP contribution in [0.15, 0.2) is 0 Å². The molecule has 0 aromatic carbocycles. The van der Waals surface area contributed by atoms with Gasteiger partial charge in [-0.05, 0) is 19.3 Å². The lowest BCUT2D eigenvalue weighted by Gasteiger charge is -2.11. The number of halogens is 1. The Kier molecular flexibility index (Phi) is 4.81. The van der Waals surface area contributed by atoms with Crippen molar-refractivity contribution in [2.75, 3.05) is 0 Å². The summed E-state index contributed by atoms with van der Waals surface area (Å²) in [7, 11) is 1.79. The maximum Gasteiger partial charge on any atom is 0.132 e. The predicted molar refractivity (Wildman–Crippen MR) is 66.6 cm³/mol. The van der Waals surface area contributed by atoms with E-state index in [-0.39, 0.29) is 0 Å². The molecule has 1 unspecified atom stereocenters. The highest BCUT2D eigenvalue weighted by molar-refractivity contribution is 6.30. The number of aryl methyl sites for hydroxylation is 2. The van der Waals surface area contributed by atoms with Crippen LogP contribution >= 0.6 is 11.6 Å². The maximum absolute atomic E-state index is 10.1. The molecule has 0 radical (unpaired) electrons. The minimum Gasteiger partial charge on any atom is -0.388 e. The standard InChI is InChI=1S/C12H21ClN2O/c1-8(2)6-5-7-10(16)11-9(3)14-15(4)12(11)13/h8,10,16H,5-7H2,1-4H3. The Bertz CT molecular complexity index is 347. The highest BCUT2D eigenvalue weighted by Gasteiger charge is 2.18. The van der Waals surface area contributed by atoms with Gasteiger partial charge in [-0.2, -0.15) is 5.10 Å². The zero-order valence-electron chi connectivity index (χ0n) is 10.5. The molecule has 0 aliphatic rings. The number of aliphatic hydroxyl groups is 1. The van der Waals surface area contributed by atoms with Crippen LogP contribution in [0, 0.1) is 12.8 Å². The number of hydrogen-bond acceptors (Lipinski definition) is 2. The summed E-state index contributed by atoms with van der Waals surface area (Å²) in [6.07, 6.45) is 2.42. The molecule has 0 bridgehead atoms. The lowest BCUT2D eigenvalue weighted by Crippen LogP contribution is -2.00. The molecule has 1 atom stereocenters. The molecule has 0 saturated carbocycles. The van der Waals surface area contributed by atoms with Gasteiger partial charge in [0, 0.05) is 12.6 Å². The first kappa shape index (κ1) is 13.5. The Balaban J connectivity index is 2.62. The second kappa shape index (κ2) is 5.69. The molecule has 0 amide bonds. The normalized spacial score (nSPS) is 13.4. The summed E-state index contributed by atoms with van der Waals surface area (Å²) in [4.78, 5) is 0. The van der Waals surface area contributed by atoms with Gasteiger partial charge in [-0.25, -0.2) is 0 Å². The van der Waals surface area contributed by atoms with Crippen molar-refractivity contribution in [3.05, 3.63) is 16.4 Å². The van der Waals surface area contributed by atoms with Crippen LogP contribution in [0.2, 0.25) is 5.15 Å². The van der Waals surface area contributed by atoms with Gasteiger partial charge in [-0.3, -0.25) is 4.68 Å². The van der Waals surface area contributed by atoms with E-state index in [0.29, 0.717) is 11.1 Å². The summed E-state index contributed by atoms with van der Waals surface area (Å²) in [5.41, 5.74) is 1.61. The third kappa shape index (κ3) is 3.22. The number of nitrogens with zero attached hydrogens (tertiary/aromatic N) is 2. The van der Waals surface area contributed by atoms with Crippen LogP contribution < -0.4 is 0 Å². The number of aliphatic hydroxyl groups excluding tert-OH is 1. The first-order valence-corrected chi connectivity index (χ1v) is 6.18. The van der Waals surface area contributed by atoms with Gasteiger partial charge in [0.15, 0.2) is 0 Å². The Morgan fingerprint density at radius 1 is 1.38 bits per heavy atom. The van der Waals surface area contributed by atoms with Gasteiger partial charge in [-0.15, -0.1) is 0 Å². The van der Waals surface area contributed by atoms with E-state index in [0.717, 1.165) is 30.5 Å². The quantitative estimate of drug-likeness (QED) is 0.864. The molecule has 16 heavy (non-hydrogen) atoms. The Morgan fingerprint density at radius 3 is 2.44 bits per heavy atom. The summed E-state index contributed by atoms with van der Waals surface area (Å²) in [5.74, 6) is 0.678. The highest BCUT2D eigenvalue weighted by atomic mass is 35.5. The van der Waals surface area contributed by atoms with E-state index >= 15 is 0 Å². The van der Waals surface area contributed by atoms with Crippen LogP contribution in [0.1, 0.15) is 50.5 Å². The van der Waals surface area contributed by atoms with Gasteiger partial charge in [-0.1, -0.05) is 38.3 Å². The van der Waals surface area contributed by atoms with Crippen molar-refractivity contribution >= 4 is 11.6 Å². The van der Waals surface area contributed by atoms with Crippen LogP contribution in [-0.2, 0) is 7.05 Å². The molecule has 4 heteroatoms. The van der Waals surface area contributed by atoms with Crippen molar-refractivity contribution in [3.63, 3.8) is 0 Å². The van der Waals surface area contributed by atoms with E-state index in [2.05, 4.69) is 18.9 Å². The SMILES string of the molecule is Cc1nn(C)c(Cl)c1C(O)CCCC(C)C. The molecule has 0 saturated heterocycles. The fourth-order valence-corrected chi connectivity index (χ4v) is 2.19. The van der Waals surface area contributed by atoms with Crippen molar-refractivity contribution < 1.29 is 5.11 Å². The molecule has 0 aliphatic carbocycles. The van der Waals surface area contributed by atoms with E-state index in [1.807, 2.05) is 6.92 Å². The molecule has 1 aromatic rings. The van der Waals surface area contributed by atoms with Crippen molar-refractivity contribution in [1.29, 1.82) is 0 Å². The third-order valence-corrected chi connectivity index (χ3v) is 3.24. The minimum atomic E-state index is -0.486. The fraction of sp³-hybridized carbons (Fsp3) is 0.750. The molecular weight excluding hydrogens is 224 g/mol. The van der Waals surface area contributed by atoms with Crippen LogP contribution in [0.4, 0.5) is 0 Å². The molecule has 1 N–H and O–H groups in total. The number of aromatic nitrogens is 2. The number of hydrogen-bond donors (Lipinski definition) is 1. The Labute approximate surface area is 102 Å². The predicted octanol–water partition coefficient (Wildman–Crippen LogP) is 3.24. The Hall–Kier alpha value is -0.540. The lowest BCUT2D eigenvalue weighted by molar-refractivity contribution is 0.161. The van der Waals surface area contributed by atoms with E-state index in [4.69, 9.17) is 11.6 Å². The largest absolute Gasteiger partial charge is 0.388 e. The van der Waals surface area contributed by atoms with E-state index in [9.17, 15) is 5.11 Å². The molecule has 92 valence electrons. The van der Waals surface area contributed by atoms with Crippen LogP contribution in [0.25, 0.3) is 0 Å². The average Bonchev–Trinajstić information content (AvgIpc) is 2.40. The highest BCUT2D eigenvalue weighted by Crippen LogP contribution is 2.29. The molecule has 3 nitrogen and oxygen atoms in total. The van der Waals surface area contributed by atoms with Crippen LogP contribution in [0.5, 0.6) is 0 Å². The van der Waals surface area contributed by atoms with E-state index in [1.165, 1.54) is 0 Å². The monoisotopic (exact) mass is 244 g/mol. The first-order chi connectivity index (χ1) is 7.43. The second-order valence-electron chi connectivity index (χ2n) is 4.75. The smallest absolute Gasteiger partial charge is 0.132 e. The summed E-state index contributed by atoms with van der Waals surface area (Å²) in [5, 5.41) is 14.8. The van der Waals surface area contributed by atoms with Gasteiger partial charge >= 0.3 is 0 Å². The third-order valence-electron chi connectivity index (χ3n) is 2.79. The van der Waals surface area contributed by atoms with Crippen molar-refractivity contribution in [2.45, 2.75) is 46.1 Å². The lowest BCUT2D eigenvalue weighted by atomic mass is 10.0. The molecule has 1 aromatic heterocycles. The zero-order chi connectivity index (χ0) is 12.3. The summed E-state index contributed by atoms with van der Waals surface area (Å²) >= 11 is 6.09. The van der Waals surface area contributed by atoms with Gasteiger partial charge < -0.3 is 5.11 Å². The molecule has 0 fully saturated rings. The van der Waals surface area contributed by atoms with Gasteiger partial charge in [0.05, 0.1) is 11.8 Å². The first-order valence-electron chi connectivity index (χ1n) is 5.80. The molecular formula is C12H21ClN2O.